The Balaban J connectivity index is 2.33. The number of hydrogen-bond acceptors (Lipinski definition) is 6. The molecule has 3 N–H and O–H groups in total. The molecule has 0 spiro atoms. The maximum Gasteiger partial charge on any atom is 0.243 e. The third-order valence-electron chi connectivity index (χ3n) is 2.12. The van der Waals surface area contributed by atoms with E-state index >= 15 is 0 Å². The van der Waals surface area contributed by atoms with Crippen LogP contribution in [0.5, 0.6) is 17.4 Å². The van der Waals surface area contributed by atoms with Crippen molar-refractivity contribution in [2.75, 3.05) is 12.5 Å². The maximum atomic E-state index is 5.94. The number of benzene rings is 1. The van der Waals surface area contributed by atoms with Gasteiger partial charge in [0, 0.05) is 0 Å². The first-order chi connectivity index (χ1) is 8.74. The van der Waals surface area contributed by atoms with Crippen LogP contribution in [0, 0.1) is 0 Å². The average molecular weight is 267 g/mol. The van der Waals surface area contributed by atoms with Crippen molar-refractivity contribution >= 4 is 17.5 Å². The lowest BCUT2D eigenvalue weighted by molar-refractivity contribution is 0.374. The molecule has 0 saturated heterocycles. The summed E-state index contributed by atoms with van der Waals surface area (Å²) in [5.41, 5.74) is 2.32. The summed E-state index contributed by atoms with van der Waals surface area (Å²) in [6, 6.07) is 7.16. The van der Waals surface area contributed by atoms with Crippen molar-refractivity contribution in [1.29, 1.82) is 0 Å². The van der Waals surface area contributed by atoms with E-state index in [-0.39, 0.29) is 16.9 Å². The van der Waals surface area contributed by atoms with Gasteiger partial charge in [-0.1, -0.05) is 23.7 Å². The number of rotatable bonds is 4. The molecule has 7 heteroatoms. The highest BCUT2D eigenvalue weighted by molar-refractivity contribution is 6.31. The molecule has 0 saturated carbocycles. The highest BCUT2D eigenvalue weighted by Crippen LogP contribution is 2.33. The molecule has 6 nitrogen and oxygen atoms in total. The molecule has 18 heavy (non-hydrogen) atoms. The number of anilines is 1. The van der Waals surface area contributed by atoms with Crippen LogP contribution >= 0.6 is 11.6 Å². The van der Waals surface area contributed by atoms with E-state index in [2.05, 4.69) is 15.4 Å². The zero-order chi connectivity index (χ0) is 13.0. The highest BCUT2D eigenvalue weighted by Gasteiger charge is 2.10. The van der Waals surface area contributed by atoms with Gasteiger partial charge in [-0.25, -0.2) is 10.8 Å². The van der Waals surface area contributed by atoms with Gasteiger partial charge in [-0.05, 0) is 12.1 Å². The first kappa shape index (κ1) is 12.4. The van der Waals surface area contributed by atoms with Crippen LogP contribution in [0.1, 0.15) is 0 Å². The van der Waals surface area contributed by atoms with E-state index in [1.165, 1.54) is 6.20 Å². The highest BCUT2D eigenvalue weighted by atomic mass is 35.5. The van der Waals surface area contributed by atoms with E-state index in [1.54, 1.807) is 19.2 Å². The van der Waals surface area contributed by atoms with Crippen molar-refractivity contribution in [3.63, 3.8) is 0 Å². The molecule has 0 amide bonds. The molecule has 2 aromatic rings. The number of halogens is 1. The molecule has 1 heterocycles. The first-order valence-electron chi connectivity index (χ1n) is 5.04. The van der Waals surface area contributed by atoms with Crippen LogP contribution in [0.4, 0.5) is 5.95 Å². The Morgan fingerprint density at radius 2 is 2.00 bits per heavy atom. The number of methoxy groups -OCH3 is 1. The smallest absolute Gasteiger partial charge is 0.243 e. The number of hydrazine groups is 1. The van der Waals surface area contributed by atoms with E-state index in [0.29, 0.717) is 11.5 Å². The number of nitrogens with one attached hydrogen (secondary N) is 1. The van der Waals surface area contributed by atoms with Gasteiger partial charge in [0.1, 0.15) is 5.02 Å². The third-order valence-corrected chi connectivity index (χ3v) is 2.38. The first-order valence-corrected chi connectivity index (χ1v) is 5.42. The SMILES string of the molecule is COc1ccccc1Oc1nc(NN)ncc1Cl. The van der Waals surface area contributed by atoms with Crippen molar-refractivity contribution in [2.45, 2.75) is 0 Å². The molecule has 2 rings (SSSR count). The molecular weight excluding hydrogens is 256 g/mol. The Bertz CT molecular complexity index is 550. The normalized spacial score (nSPS) is 9.94. The standard InChI is InChI=1S/C11H11ClN4O2/c1-17-8-4-2-3-5-9(8)18-10-7(12)6-14-11(15-10)16-13/h2-6H,13H2,1H3,(H,14,15,16). The van der Waals surface area contributed by atoms with Gasteiger partial charge in [-0.15, -0.1) is 0 Å². The average Bonchev–Trinajstić information content (AvgIpc) is 2.42. The molecule has 0 unspecified atom stereocenters. The zero-order valence-electron chi connectivity index (χ0n) is 9.55. The molecule has 94 valence electrons. The van der Waals surface area contributed by atoms with Gasteiger partial charge in [0.25, 0.3) is 0 Å². The topological polar surface area (TPSA) is 82.3 Å². The van der Waals surface area contributed by atoms with Crippen molar-refractivity contribution in [1.82, 2.24) is 9.97 Å². The summed E-state index contributed by atoms with van der Waals surface area (Å²) in [4.78, 5) is 7.86. The monoisotopic (exact) mass is 266 g/mol. The second-order valence-corrected chi connectivity index (χ2v) is 3.65. The van der Waals surface area contributed by atoms with E-state index in [0.717, 1.165) is 0 Å². The number of nitrogens with two attached hydrogens (primary N) is 1. The number of para-hydroxylation sites is 2. The Morgan fingerprint density at radius 1 is 1.28 bits per heavy atom. The molecule has 0 aliphatic carbocycles. The lowest BCUT2D eigenvalue weighted by Crippen LogP contribution is -2.10. The summed E-state index contributed by atoms with van der Waals surface area (Å²) in [5, 5.41) is 0.278. The van der Waals surface area contributed by atoms with Crippen molar-refractivity contribution in [2.24, 2.45) is 5.84 Å². The van der Waals surface area contributed by atoms with E-state index < -0.39 is 0 Å². The summed E-state index contributed by atoms with van der Waals surface area (Å²) in [5.74, 6) is 6.71. The number of ether oxygens (including phenoxy) is 2. The van der Waals surface area contributed by atoms with E-state index in [4.69, 9.17) is 26.9 Å². The van der Waals surface area contributed by atoms with Gasteiger partial charge in [0.2, 0.25) is 11.8 Å². The summed E-state index contributed by atoms with van der Waals surface area (Å²) in [6.45, 7) is 0. The van der Waals surface area contributed by atoms with Gasteiger partial charge in [0.15, 0.2) is 11.5 Å². The molecule has 1 aromatic carbocycles. The fourth-order valence-corrected chi connectivity index (χ4v) is 1.43. The Morgan fingerprint density at radius 3 is 2.67 bits per heavy atom. The molecule has 1 aromatic heterocycles. The van der Waals surface area contributed by atoms with Gasteiger partial charge in [0.05, 0.1) is 13.3 Å². The van der Waals surface area contributed by atoms with Crippen LogP contribution in [0.2, 0.25) is 5.02 Å². The quantitative estimate of drug-likeness (QED) is 0.652. The van der Waals surface area contributed by atoms with Gasteiger partial charge >= 0.3 is 0 Å². The predicted molar refractivity (Wildman–Crippen MR) is 67.9 cm³/mol. The molecule has 0 atom stereocenters. The lowest BCUT2D eigenvalue weighted by Gasteiger charge is -2.10. The summed E-state index contributed by atoms with van der Waals surface area (Å²) in [6.07, 6.45) is 1.40. The molecule has 0 fully saturated rings. The molecular formula is C11H11ClN4O2. The van der Waals surface area contributed by atoms with Gasteiger partial charge in [-0.3, -0.25) is 5.43 Å². The lowest BCUT2D eigenvalue weighted by atomic mass is 10.3. The van der Waals surface area contributed by atoms with Crippen molar-refractivity contribution in [3.05, 3.63) is 35.5 Å². The van der Waals surface area contributed by atoms with Gasteiger partial charge < -0.3 is 9.47 Å². The van der Waals surface area contributed by atoms with Crippen LogP contribution in [0.25, 0.3) is 0 Å². The molecule has 0 bridgehead atoms. The van der Waals surface area contributed by atoms with E-state index in [1.807, 2.05) is 12.1 Å². The largest absolute Gasteiger partial charge is 0.493 e. The minimum atomic E-state index is 0.198. The summed E-state index contributed by atoms with van der Waals surface area (Å²) >= 11 is 5.94. The van der Waals surface area contributed by atoms with E-state index in [9.17, 15) is 0 Å². The second kappa shape index (κ2) is 5.52. The third kappa shape index (κ3) is 2.61. The van der Waals surface area contributed by atoms with Crippen LogP contribution in [0.15, 0.2) is 30.5 Å². The van der Waals surface area contributed by atoms with Crippen molar-refractivity contribution < 1.29 is 9.47 Å². The fourth-order valence-electron chi connectivity index (χ4n) is 1.30. The number of nitrogen functional groups attached to an aromatic ring is 1. The van der Waals surface area contributed by atoms with Crippen LogP contribution in [0.3, 0.4) is 0 Å². The molecule has 0 aliphatic rings. The Kier molecular flexibility index (Phi) is 3.81. The molecule has 0 radical (unpaired) electrons. The number of nitrogens with zero attached hydrogens (tertiary/aromatic N) is 2. The van der Waals surface area contributed by atoms with Crippen LogP contribution < -0.4 is 20.7 Å². The Labute approximate surface area is 109 Å². The van der Waals surface area contributed by atoms with Crippen LogP contribution in [-0.4, -0.2) is 17.1 Å². The van der Waals surface area contributed by atoms with Gasteiger partial charge in [-0.2, -0.15) is 4.98 Å². The Hall–Kier alpha value is -2.05. The number of aromatic nitrogens is 2. The molecule has 0 aliphatic heterocycles. The number of hydrogen-bond donors (Lipinski definition) is 2. The minimum absolute atomic E-state index is 0.198. The summed E-state index contributed by atoms with van der Waals surface area (Å²) in [7, 11) is 1.55. The van der Waals surface area contributed by atoms with Crippen molar-refractivity contribution in [3.8, 4) is 17.4 Å². The summed E-state index contributed by atoms with van der Waals surface area (Å²) < 4.78 is 10.7. The van der Waals surface area contributed by atoms with Crippen LogP contribution in [-0.2, 0) is 0 Å². The minimum Gasteiger partial charge on any atom is -0.493 e. The fraction of sp³-hybridized carbons (Fsp3) is 0.0909. The zero-order valence-corrected chi connectivity index (χ0v) is 10.3. The second-order valence-electron chi connectivity index (χ2n) is 3.24. The maximum absolute atomic E-state index is 5.94. The predicted octanol–water partition coefficient (Wildman–Crippen LogP) is 2.22.